The number of hydrogen-bond donors (Lipinski definition) is 1. The van der Waals surface area contributed by atoms with Crippen LogP contribution in [0.3, 0.4) is 0 Å². The van der Waals surface area contributed by atoms with Gasteiger partial charge in [0.1, 0.15) is 12.2 Å². The maximum Gasteiger partial charge on any atom is 0.422 e. The SMILES string of the molecule is CC1(OCC(=O)O)CN(C(=O)OCC(F)(F)F)C1. The minimum absolute atomic E-state index is 0.00301. The van der Waals surface area contributed by atoms with E-state index >= 15 is 0 Å². The molecule has 9 heteroatoms. The van der Waals surface area contributed by atoms with Crippen molar-refractivity contribution in [2.75, 3.05) is 26.3 Å². The molecule has 1 rings (SSSR count). The van der Waals surface area contributed by atoms with E-state index in [0.29, 0.717) is 0 Å². The van der Waals surface area contributed by atoms with E-state index < -0.39 is 37.1 Å². The van der Waals surface area contributed by atoms with Crippen LogP contribution in [-0.4, -0.2) is 60.1 Å². The molecule has 0 radical (unpaired) electrons. The standard InChI is InChI=1S/C9H12F3NO5/c1-8(18-2-6(14)15)3-13(4-8)7(16)17-5-9(10,11)12/h2-5H2,1H3,(H,14,15). The van der Waals surface area contributed by atoms with Gasteiger partial charge in [-0.3, -0.25) is 0 Å². The monoisotopic (exact) mass is 271 g/mol. The van der Waals surface area contributed by atoms with Crippen LogP contribution in [-0.2, 0) is 14.3 Å². The van der Waals surface area contributed by atoms with Gasteiger partial charge in [0.2, 0.25) is 0 Å². The van der Waals surface area contributed by atoms with Crippen molar-refractivity contribution in [3.63, 3.8) is 0 Å². The van der Waals surface area contributed by atoms with Gasteiger partial charge in [-0.1, -0.05) is 0 Å². The van der Waals surface area contributed by atoms with Gasteiger partial charge in [-0.15, -0.1) is 0 Å². The van der Waals surface area contributed by atoms with Crippen LogP contribution in [0.25, 0.3) is 0 Å². The van der Waals surface area contributed by atoms with E-state index in [9.17, 15) is 22.8 Å². The number of nitrogens with zero attached hydrogens (tertiary/aromatic N) is 1. The first-order valence-corrected chi connectivity index (χ1v) is 4.95. The van der Waals surface area contributed by atoms with Crippen LogP contribution in [0, 0.1) is 0 Å². The van der Waals surface area contributed by atoms with Crippen molar-refractivity contribution < 1.29 is 37.3 Å². The lowest BCUT2D eigenvalue weighted by atomic mass is 9.97. The highest BCUT2D eigenvalue weighted by Crippen LogP contribution is 2.25. The van der Waals surface area contributed by atoms with Gasteiger partial charge >= 0.3 is 18.2 Å². The van der Waals surface area contributed by atoms with Crippen LogP contribution in [0.15, 0.2) is 0 Å². The summed E-state index contributed by atoms with van der Waals surface area (Å²) in [6.07, 6.45) is -5.66. The Morgan fingerprint density at radius 3 is 2.39 bits per heavy atom. The molecule has 104 valence electrons. The molecule has 1 fully saturated rings. The highest BCUT2D eigenvalue weighted by atomic mass is 19.4. The van der Waals surface area contributed by atoms with Gasteiger partial charge in [0.15, 0.2) is 6.61 Å². The average Bonchev–Trinajstić information content (AvgIpc) is 2.18. The van der Waals surface area contributed by atoms with Crippen molar-refractivity contribution in [3.8, 4) is 0 Å². The van der Waals surface area contributed by atoms with E-state index in [4.69, 9.17) is 9.84 Å². The van der Waals surface area contributed by atoms with Gasteiger partial charge in [0.05, 0.1) is 13.1 Å². The first kappa shape index (κ1) is 14.6. The third-order valence-electron chi connectivity index (χ3n) is 2.21. The van der Waals surface area contributed by atoms with Crippen molar-refractivity contribution in [3.05, 3.63) is 0 Å². The van der Waals surface area contributed by atoms with Gasteiger partial charge in [-0.25, -0.2) is 9.59 Å². The summed E-state index contributed by atoms with van der Waals surface area (Å²) in [4.78, 5) is 22.4. The zero-order valence-corrected chi connectivity index (χ0v) is 9.49. The van der Waals surface area contributed by atoms with Crippen molar-refractivity contribution >= 4 is 12.1 Å². The van der Waals surface area contributed by atoms with Crippen LogP contribution in [0.2, 0.25) is 0 Å². The largest absolute Gasteiger partial charge is 0.480 e. The molecule has 0 aromatic rings. The number of likely N-dealkylation sites (tertiary alicyclic amines) is 1. The fraction of sp³-hybridized carbons (Fsp3) is 0.778. The highest BCUT2D eigenvalue weighted by Gasteiger charge is 2.44. The molecule has 1 N–H and O–H groups in total. The summed E-state index contributed by atoms with van der Waals surface area (Å²) in [5, 5.41) is 8.39. The third-order valence-corrected chi connectivity index (χ3v) is 2.21. The highest BCUT2D eigenvalue weighted by molar-refractivity contribution is 5.70. The summed E-state index contributed by atoms with van der Waals surface area (Å²) in [6, 6.07) is 0. The number of ether oxygens (including phenoxy) is 2. The van der Waals surface area contributed by atoms with Crippen molar-refractivity contribution in [1.29, 1.82) is 0 Å². The Bertz CT molecular complexity index is 338. The number of alkyl halides is 3. The molecule has 6 nitrogen and oxygen atoms in total. The van der Waals surface area contributed by atoms with E-state index in [1.165, 1.54) is 0 Å². The zero-order chi connectivity index (χ0) is 14.0. The van der Waals surface area contributed by atoms with Gasteiger partial charge in [0, 0.05) is 0 Å². The number of carbonyl (C=O) groups excluding carboxylic acids is 1. The molecule has 1 amide bonds. The first-order valence-electron chi connectivity index (χ1n) is 4.95. The lowest BCUT2D eigenvalue weighted by molar-refractivity contribution is -0.174. The number of rotatable bonds is 4. The second kappa shape index (κ2) is 5.01. The maximum absolute atomic E-state index is 11.8. The smallest absolute Gasteiger partial charge is 0.422 e. The predicted octanol–water partition coefficient (Wildman–Crippen LogP) is 0.861. The molecule has 1 saturated heterocycles. The summed E-state index contributed by atoms with van der Waals surface area (Å²) in [6.45, 7) is -0.617. The Morgan fingerprint density at radius 2 is 1.94 bits per heavy atom. The van der Waals surface area contributed by atoms with E-state index in [-0.39, 0.29) is 13.1 Å². The molecule has 0 unspecified atom stereocenters. The second-order valence-corrected chi connectivity index (χ2v) is 4.16. The second-order valence-electron chi connectivity index (χ2n) is 4.16. The van der Waals surface area contributed by atoms with Crippen LogP contribution in [0.1, 0.15) is 6.92 Å². The van der Waals surface area contributed by atoms with E-state index in [0.717, 1.165) is 4.90 Å². The number of amides is 1. The average molecular weight is 271 g/mol. The fourth-order valence-corrected chi connectivity index (χ4v) is 1.45. The van der Waals surface area contributed by atoms with Gasteiger partial charge in [0.25, 0.3) is 0 Å². The normalized spacial score (nSPS) is 18.1. The molecule has 0 aromatic heterocycles. The van der Waals surface area contributed by atoms with Crippen LogP contribution >= 0.6 is 0 Å². The minimum atomic E-state index is -4.57. The molecule has 0 atom stereocenters. The fourth-order valence-electron chi connectivity index (χ4n) is 1.45. The summed E-state index contributed by atoms with van der Waals surface area (Å²) >= 11 is 0. The Labute approximate surface area is 100 Å². The van der Waals surface area contributed by atoms with Crippen LogP contribution in [0.5, 0.6) is 0 Å². The molecule has 1 aliphatic rings. The zero-order valence-electron chi connectivity index (χ0n) is 9.49. The van der Waals surface area contributed by atoms with Gasteiger partial charge in [-0.2, -0.15) is 13.2 Å². The lowest BCUT2D eigenvalue weighted by Crippen LogP contribution is -2.63. The number of carbonyl (C=O) groups is 2. The molecule has 18 heavy (non-hydrogen) atoms. The quantitative estimate of drug-likeness (QED) is 0.820. The van der Waals surface area contributed by atoms with Crippen molar-refractivity contribution in [2.24, 2.45) is 0 Å². The maximum atomic E-state index is 11.8. The predicted molar refractivity (Wildman–Crippen MR) is 51.0 cm³/mol. The number of hydrogen-bond acceptors (Lipinski definition) is 4. The third kappa shape index (κ3) is 4.40. The molecular formula is C9H12F3NO5. The lowest BCUT2D eigenvalue weighted by Gasteiger charge is -2.46. The molecule has 1 aliphatic heterocycles. The number of aliphatic carboxylic acids is 1. The molecular weight excluding hydrogens is 259 g/mol. The Morgan fingerprint density at radius 1 is 1.39 bits per heavy atom. The molecule has 0 aromatic carbocycles. The first-order chi connectivity index (χ1) is 8.11. The number of halogens is 3. The molecule has 1 heterocycles. The molecule has 0 spiro atoms. The summed E-state index contributed by atoms with van der Waals surface area (Å²) < 4.78 is 44.3. The topological polar surface area (TPSA) is 76.1 Å². The van der Waals surface area contributed by atoms with E-state index in [1.54, 1.807) is 6.92 Å². The summed E-state index contributed by atoms with van der Waals surface area (Å²) in [5.74, 6) is -1.16. The Balaban J connectivity index is 2.28. The van der Waals surface area contributed by atoms with Crippen molar-refractivity contribution in [1.82, 2.24) is 4.90 Å². The molecule has 0 saturated carbocycles. The summed E-state index contributed by atoms with van der Waals surface area (Å²) in [5.41, 5.74) is -0.852. The van der Waals surface area contributed by atoms with Crippen molar-refractivity contribution in [2.45, 2.75) is 18.7 Å². The number of carboxylic acids is 1. The Hall–Kier alpha value is -1.51. The van der Waals surface area contributed by atoms with Gasteiger partial charge in [-0.05, 0) is 6.92 Å². The molecule has 0 aliphatic carbocycles. The minimum Gasteiger partial charge on any atom is -0.480 e. The number of carboxylic acid groups (broad SMARTS) is 1. The Kier molecular flexibility index (Phi) is 4.05. The van der Waals surface area contributed by atoms with E-state index in [2.05, 4.69) is 4.74 Å². The van der Waals surface area contributed by atoms with Crippen LogP contribution < -0.4 is 0 Å². The summed E-state index contributed by atoms with van der Waals surface area (Å²) in [7, 11) is 0. The molecule has 0 bridgehead atoms. The van der Waals surface area contributed by atoms with Crippen LogP contribution in [0.4, 0.5) is 18.0 Å². The van der Waals surface area contributed by atoms with E-state index in [1.807, 2.05) is 0 Å². The van der Waals surface area contributed by atoms with Gasteiger partial charge < -0.3 is 19.5 Å².